The van der Waals surface area contributed by atoms with E-state index in [4.69, 9.17) is 5.11 Å². The minimum Gasteiger partial charge on any atom is -0.478 e. The number of anilines is 1. The van der Waals surface area contributed by atoms with Crippen molar-refractivity contribution in [1.29, 1.82) is 0 Å². The molecule has 1 aliphatic carbocycles. The van der Waals surface area contributed by atoms with Crippen molar-refractivity contribution in [2.45, 2.75) is 13.0 Å². The summed E-state index contributed by atoms with van der Waals surface area (Å²) in [4.78, 5) is 21.8. The zero-order valence-corrected chi connectivity index (χ0v) is 11.4. The number of aromatic nitrogens is 4. The maximum absolute atomic E-state index is 10.8. The van der Waals surface area contributed by atoms with Crippen LogP contribution in [0.25, 0.3) is 0 Å². The molecule has 0 bridgehead atoms. The van der Waals surface area contributed by atoms with Gasteiger partial charge in [-0.3, -0.25) is 4.68 Å². The van der Waals surface area contributed by atoms with Gasteiger partial charge in [0.2, 0.25) is 0 Å². The molecule has 4 rings (SSSR count). The molecule has 2 aliphatic rings. The standard InChI is InChI=1S/C14H15N5O2/c20-14(21)11-2-17-19(7-11)8-13-15-3-12(4-16-13)18-5-9-1-10(9)6-18/h2-4,7,9-10H,1,5-6,8H2,(H,20,21). The lowest BCUT2D eigenvalue weighted by Gasteiger charge is -2.19. The van der Waals surface area contributed by atoms with Crippen molar-refractivity contribution < 1.29 is 9.90 Å². The van der Waals surface area contributed by atoms with E-state index in [9.17, 15) is 4.79 Å². The Balaban J connectivity index is 1.44. The number of hydrogen-bond donors (Lipinski definition) is 1. The topological polar surface area (TPSA) is 84.1 Å². The first kappa shape index (κ1) is 12.3. The predicted molar refractivity (Wildman–Crippen MR) is 74.1 cm³/mol. The first-order chi connectivity index (χ1) is 10.2. The number of hydrogen-bond acceptors (Lipinski definition) is 5. The molecule has 21 heavy (non-hydrogen) atoms. The molecule has 0 spiro atoms. The molecule has 0 amide bonds. The van der Waals surface area contributed by atoms with Crippen molar-refractivity contribution in [3.8, 4) is 0 Å². The van der Waals surface area contributed by atoms with Crippen molar-refractivity contribution in [1.82, 2.24) is 19.7 Å². The van der Waals surface area contributed by atoms with Crippen LogP contribution in [0.4, 0.5) is 5.69 Å². The van der Waals surface area contributed by atoms with Crippen LogP contribution in [-0.2, 0) is 6.54 Å². The maximum atomic E-state index is 10.8. The molecule has 2 atom stereocenters. The van der Waals surface area contributed by atoms with Crippen molar-refractivity contribution in [2.75, 3.05) is 18.0 Å². The van der Waals surface area contributed by atoms with E-state index in [1.807, 2.05) is 12.4 Å². The molecule has 1 saturated carbocycles. The molecule has 1 aliphatic heterocycles. The largest absolute Gasteiger partial charge is 0.478 e. The number of carboxylic acid groups (broad SMARTS) is 1. The van der Waals surface area contributed by atoms with E-state index in [0.717, 1.165) is 30.6 Å². The molecule has 2 aromatic heterocycles. The lowest BCUT2D eigenvalue weighted by molar-refractivity contribution is 0.0697. The Bertz CT molecular complexity index is 671. The zero-order chi connectivity index (χ0) is 14.4. The summed E-state index contributed by atoms with van der Waals surface area (Å²) in [6, 6.07) is 0. The van der Waals surface area contributed by atoms with Gasteiger partial charge in [-0.15, -0.1) is 0 Å². The van der Waals surface area contributed by atoms with E-state index >= 15 is 0 Å². The van der Waals surface area contributed by atoms with Gasteiger partial charge in [0, 0.05) is 19.3 Å². The first-order valence-electron chi connectivity index (χ1n) is 7.00. The summed E-state index contributed by atoms with van der Waals surface area (Å²) >= 11 is 0. The maximum Gasteiger partial charge on any atom is 0.338 e. The van der Waals surface area contributed by atoms with Crippen molar-refractivity contribution >= 4 is 11.7 Å². The lowest BCUT2D eigenvalue weighted by atomic mass is 10.4. The molecule has 7 heteroatoms. The zero-order valence-electron chi connectivity index (χ0n) is 11.4. The lowest BCUT2D eigenvalue weighted by Crippen LogP contribution is -2.22. The number of nitrogens with zero attached hydrogens (tertiary/aromatic N) is 5. The third-order valence-electron chi connectivity index (χ3n) is 4.22. The summed E-state index contributed by atoms with van der Waals surface area (Å²) in [5.41, 5.74) is 1.24. The molecule has 3 heterocycles. The molecule has 0 radical (unpaired) electrons. The highest BCUT2D eigenvalue weighted by molar-refractivity contribution is 5.86. The predicted octanol–water partition coefficient (Wildman–Crippen LogP) is 0.876. The minimum absolute atomic E-state index is 0.169. The van der Waals surface area contributed by atoms with Crippen molar-refractivity contribution in [2.24, 2.45) is 11.8 Å². The summed E-state index contributed by atoms with van der Waals surface area (Å²) in [5.74, 6) is 1.40. The minimum atomic E-state index is -0.981. The van der Waals surface area contributed by atoms with E-state index in [1.54, 1.807) is 0 Å². The molecule has 1 N–H and O–H groups in total. The molecule has 2 aromatic rings. The molecular weight excluding hydrogens is 270 g/mol. The van der Waals surface area contributed by atoms with Gasteiger partial charge >= 0.3 is 5.97 Å². The van der Waals surface area contributed by atoms with Crippen LogP contribution >= 0.6 is 0 Å². The Labute approximate surface area is 121 Å². The molecular formula is C14H15N5O2. The third kappa shape index (κ3) is 2.35. The van der Waals surface area contributed by atoms with E-state index < -0.39 is 5.97 Å². The molecule has 7 nitrogen and oxygen atoms in total. The molecule has 108 valence electrons. The second-order valence-electron chi connectivity index (χ2n) is 5.75. The van der Waals surface area contributed by atoms with E-state index in [1.165, 1.54) is 23.5 Å². The quantitative estimate of drug-likeness (QED) is 0.897. The van der Waals surface area contributed by atoms with Gasteiger partial charge < -0.3 is 10.0 Å². The van der Waals surface area contributed by atoms with Gasteiger partial charge in [0.05, 0.1) is 29.8 Å². The summed E-state index contributed by atoms with van der Waals surface area (Å²) in [5, 5.41) is 12.9. The van der Waals surface area contributed by atoms with Crippen molar-refractivity contribution in [3.05, 3.63) is 36.2 Å². The Kier molecular flexibility index (Phi) is 2.66. The second-order valence-corrected chi connectivity index (χ2v) is 5.75. The molecule has 0 aromatic carbocycles. The van der Waals surface area contributed by atoms with Gasteiger partial charge in [-0.1, -0.05) is 0 Å². The van der Waals surface area contributed by atoms with Gasteiger partial charge in [-0.25, -0.2) is 14.8 Å². The van der Waals surface area contributed by atoms with Crippen LogP contribution in [0.3, 0.4) is 0 Å². The van der Waals surface area contributed by atoms with Crippen LogP contribution in [-0.4, -0.2) is 43.9 Å². The fourth-order valence-electron chi connectivity index (χ4n) is 2.91. The fraction of sp³-hybridized carbons (Fsp3) is 0.429. The average Bonchev–Trinajstić information content (AvgIpc) is 2.90. The van der Waals surface area contributed by atoms with Crippen LogP contribution in [0.2, 0.25) is 0 Å². The highest BCUT2D eigenvalue weighted by Gasteiger charge is 2.45. The highest BCUT2D eigenvalue weighted by Crippen LogP contribution is 2.45. The number of fused-ring (bicyclic) bond motifs is 1. The number of rotatable bonds is 4. The van der Waals surface area contributed by atoms with E-state index in [-0.39, 0.29) is 5.56 Å². The normalized spacial score (nSPS) is 23.1. The SMILES string of the molecule is O=C(O)c1cnn(Cc2ncc(N3CC4CC4C3)cn2)c1. The van der Waals surface area contributed by atoms with Gasteiger partial charge in [-0.2, -0.15) is 5.10 Å². The first-order valence-corrected chi connectivity index (χ1v) is 7.00. The summed E-state index contributed by atoms with van der Waals surface area (Å²) < 4.78 is 1.53. The number of piperidine rings is 1. The number of carboxylic acids is 1. The third-order valence-corrected chi connectivity index (χ3v) is 4.22. The van der Waals surface area contributed by atoms with Crippen LogP contribution in [0.1, 0.15) is 22.6 Å². The Morgan fingerprint density at radius 3 is 2.57 bits per heavy atom. The summed E-state index contributed by atoms with van der Waals surface area (Å²) in [6.45, 7) is 2.61. The molecule has 2 fully saturated rings. The Morgan fingerprint density at radius 2 is 1.95 bits per heavy atom. The van der Waals surface area contributed by atoms with Gasteiger partial charge in [0.1, 0.15) is 12.4 Å². The Morgan fingerprint density at radius 1 is 1.24 bits per heavy atom. The highest BCUT2D eigenvalue weighted by atomic mass is 16.4. The van der Waals surface area contributed by atoms with E-state index in [0.29, 0.717) is 12.4 Å². The van der Waals surface area contributed by atoms with E-state index in [2.05, 4.69) is 20.0 Å². The van der Waals surface area contributed by atoms with Gasteiger partial charge in [0.25, 0.3) is 0 Å². The van der Waals surface area contributed by atoms with Crippen LogP contribution in [0.15, 0.2) is 24.8 Å². The monoisotopic (exact) mass is 285 g/mol. The average molecular weight is 285 g/mol. The molecule has 1 saturated heterocycles. The molecule has 2 unspecified atom stereocenters. The van der Waals surface area contributed by atoms with Crippen LogP contribution in [0, 0.1) is 11.8 Å². The van der Waals surface area contributed by atoms with Crippen LogP contribution < -0.4 is 4.90 Å². The summed E-state index contributed by atoms with van der Waals surface area (Å²) in [6.07, 6.45) is 7.87. The smallest absolute Gasteiger partial charge is 0.338 e. The number of aromatic carboxylic acids is 1. The number of carbonyl (C=O) groups is 1. The van der Waals surface area contributed by atoms with Gasteiger partial charge in [0.15, 0.2) is 0 Å². The Hall–Kier alpha value is -2.44. The fourth-order valence-corrected chi connectivity index (χ4v) is 2.91. The van der Waals surface area contributed by atoms with Crippen LogP contribution in [0.5, 0.6) is 0 Å². The summed E-state index contributed by atoms with van der Waals surface area (Å²) in [7, 11) is 0. The second kappa shape index (κ2) is 4.54. The van der Waals surface area contributed by atoms with Gasteiger partial charge in [-0.05, 0) is 18.3 Å². The van der Waals surface area contributed by atoms with Crippen molar-refractivity contribution in [3.63, 3.8) is 0 Å².